The lowest BCUT2D eigenvalue weighted by Gasteiger charge is -2.39. The molecule has 2 aliphatic rings. The van der Waals surface area contributed by atoms with Gasteiger partial charge in [0.2, 0.25) is 0 Å². The standard InChI is InChI=1S/C11H20N2/c1-11(6-4-7-11)9-13-10-5-2-3-8-12-10/h2-9H2,1H3,(H,12,13). The molecule has 0 bridgehead atoms. The van der Waals surface area contributed by atoms with Crippen LogP contribution in [0.5, 0.6) is 0 Å². The molecule has 0 aromatic rings. The summed E-state index contributed by atoms with van der Waals surface area (Å²) in [5, 5.41) is 3.51. The zero-order valence-corrected chi connectivity index (χ0v) is 8.60. The van der Waals surface area contributed by atoms with E-state index >= 15 is 0 Å². The van der Waals surface area contributed by atoms with Crippen LogP contribution in [0.2, 0.25) is 0 Å². The van der Waals surface area contributed by atoms with E-state index in [0.717, 1.165) is 13.1 Å². The van der Waals surface area contributed by atoms with E-state index < -0.39 is 0 Å². The Morgan fingerprint density at radius 3 is 2.69 bits per heavy atom. The maximum absolute atomic E-state index is 4.50. The first kappa shape index (κ1) is 9.04. The molecule has 0 unspecified atom stereocenters. The van der Waals surface area contributed by atoms with Crippen LogP contribution in [-0.2, 0) is 0 Å². The zero-order chi connectivity index (χ0) is 9.15. The maximum atomic E-state index is 4.50. The van der Waals surface area contributed by atoms with Crippen LogP contribution in [-0.4, -0.2) is 18.9 Å². The average molecular weight is 180 g/mol. The first-order valence-corrected chi connectivity index (χ1v) is 5.56. The molecule has 2 heteroatoms. The highest BCUT2D eigenvalue weighted by atomic mass is 15.0. The van der Waals surface area contributed by atoms with Gasteiger partial charge in [0.15, 0.2) is 0 Å². The van der Waals surface area contributed by atoms with E-state index in [1.165, 1.54) is 44.4 Å². The van der Waals surface area contributed by atoms with Gasteiger partial charge in [-0.05, 0) is 31.1 Å². The van der Waals surface area contributed by atoms with Gasteiger partial charge >= 0.3 is 0 Å². The summed E-state index contributed by atoms with van der Waals surface area (Å²) in [4.78, 5) is 4.50. The summed E-state index contributed by atoms with van der Waals surface area (Å²) in [6.45, 7) is 4.57. The third-order valence-electron chi connectivity index (χ3n) is 3.40. The Balaban J connectivity index is 1.75. The summed E-state index contributed by atoms with van der Waals surface area (Å²) in [6.07, 6.45) is 7.99. The van der Waals surface area contributed by atoms with E-state index in [-0.39, 0.29) is 0 Å². The molecule has 1 fully saturated rings. The van der Waals surface area contributed by atoms with E-state index in [0.29, 0.717) is 5.41 Å². The van der Waals surface area contributed by atoms with Gasteiger partial charge in [0, 0.05) is 19.5 Å². The van der Waals surface area contributed by atoms with Crippen LogP contribution in [0, 0.1) is 5.41 Å². The van der Waals surface area contributed by atoms with Crippen molar-refractivity contribution in [1.29, 1.82) is 0 Å². The molecule has 1 aliphatic carbocycles. The van der Waals surface area contributed by atoms with Gasteiger partial charge in [-0.15, -0.1) is 0 Å². The Morgan fingerprint density at radius 2 is 2.15 bits per heavy atom. The lowest BCUT2D eigenvalue weighted by Crippen LogP contribution is -2.40. The van der Waals surface area contributed by atoms with Gasteiger partial charge in [-0.3, -0.25) is 4.99 Å². The number of amidine groups is 1. The second-order valence-electron chi connectivity index (χ2n) is 4.80. The van der Waals surface area contributed by atoms with Crippen molar-refractivity contribution in [3.8, 4) is 0 Å². The Hall–Kier alpha value is -0.530. The summed E-state index contributed by atoms with van der Waals surface area (Å²) >= 11 is 0. The Labute approximate surface area is 80.8 Å². The molecular weight excluding hydrogens is 160 g/mol. The second-order valence-corrected chi connectivity index (χ2v) is 4.80. The van der Waals surface area contributed by atoms with Crippen molar-refractivity contribution in [3.05, 3.63) is 0 Å². The molecule has 0 aromatic carbocycles. The van der Waals surface area contributed by atoms with E-state index in [2.05, 4.69) is 17.2 Å². The Kier molecular flexibility index (Phi) is 2.56. The van der Waals surface area contributed by atoms with Crippen LogP contribution in [0.4, 0.5) is 0 Å². The van der Waals surface area contributed by atoms with Crippen molar-refractivity contribution >= 4 is 5.84 Å². The van der Waals surface area contributed by atoms with Gasteiger partial charge < -0.3 is 5.32 Å². The number of hydrogen-bond acceptors (Lipinski definition) is 2. The summed E-state index contributed by atoms with van der Waals surface area (Å²) in [5.74, 6) is 1.26. The normalized spacial score (nSPS) is 26.1. The first-order valence-electron chi connectivity index (χ1n) is 5.56. The third-order valence-corrected chi connectivity index (χ3v) is 3.40. The fraction of sp³-hybridized carbons (Fsp3) is 0.909. The molecule has 2 rings (SSSR count). The minimum absolute atomic E-state index is 0.583. The predicted molar refractivity (Wildman–Crippen MR) is 56.1 cm³/mol. The molecule has 2 nitrogen and oxygen atoms in total. The highest BCUT2D eigenvalue weighted by Gasteiger charge is 2.31. The highest BCUT2D eigenvalue weighted by Crippen LogP contribution is 2.39. The van der Waals surface area contributed by atoms with Crippen molar-refractivity contribution in [2.75, 3.05) is 13.1 Å². The van der Waals surface area contributed by atoms with Crippen LogP contribution < -0.4 is 5.32 Å². The quantitative estimate of drug-likeness (QED) is 0.693. The maximum Gasteiger partial charge on any atom is 0.0963 e. The van der Waals surface area contributed by atoms with Crippen LogP contribution in [0.15, 0.2) is 4.99 Å². The average Bonchev–Trinajstić information content (AvgIpc) is 2.13. The molecule has 0 spiro atoms. The number of nitrogens with zero attached hydrogens (tertiary/aromatic N) is 1. The summed E-state index contributed by atoms with van der Waals surface area (Å²) in [5.41, 5.74) is 0.583. The number of aliphatic imine (C=N–C) groups is 1. The van der Waals surface area contributed by atoms with Crippen LogP contribution in [0.3, 0.4) is 0 Å². The topological polar surface area (TPSA) is 24.4 Å². The molecule has 13 heavy (non-hydrogen) atoms. The molecule has 0 radical (unpaired) electrons. The largest absolute Gasteiger partial charge is 0.373 e. The van der Waals surface area contributed by atoms with Crippen molar-refractivity contribution in [2.24, 2.45) is 10.4 Å². The Morgan fingerprint density at radius 1 is 1.31 bits per heavy atom. The zero-order valence-electron chi connectivity index (χ0n) is 8.60. The summed E-state index contributed by atoms with van der Waals surface area (Å²) in [7, 11) is 0. The highest BCUT2D eigenvalue weighted by molar-refractivity contribution is 5.82. The van der Waals surface area contributed by atoms with Gasteiger partial charge in [-0.1, -0.05) is 13.3 Å². The SMILES string of the molecule is CC1(CNC2=NCCCC2)CCC1. The molecular formula is C11H20N2. The number of hydrogen-bond donors (Lipinski definition) is 1. The molecule has 74 valence electrons. The van der Waals surface area contributed by atoms with E-state index in [1.54, 1.807) is 0 Å². The summed E-state index contributed by atoms with van der Waals surface area (Å²) < 4.78 is 0. The Bertz CT molecular complexity index is 204. The molecule has 1 heterocycles. The lowest BCUT2D eigenvalue weighted by atomic mass is 9.70. The fourth-order valence-corrected chi connectivity index (χ4v) is 2.11. The van der Waals surface area contributed by atoms with Crippen molar-refractivity contribution < 1.29 is 0 Å². The lowest BCUT2D eigenvalue weighted by molar-refractivity contribution is 0.165. The third kappa shape index (κ3) is 2.23. The molecule has 1 aliphatic heterocycles. The minimum atomic E-state index is 0.583. The number of nitrogens with one attached hydrogen (secondary N) is 1. The van der Waals surface area contributed by atoms with E-state index in [4.69, 9.17) is 0 Å². The van der Waals surface area contributed by atoms with Crippen molar-refractivity contribution in [3.63, 3.8) is 0 Å². The predicted octanol–water partition coefficient (Wildman–Crippen LogP) is 2.35. The van der Waals surface area contributed by atoms with Gasteiger partial charge in [0.25, 0.3) is 0 Å². The van der Waals surface area contributed by atoms with Crippen LogP contribution in [0.25, 0.3) is 0 Å². The van der Waals surface area contributed by atoms with Crippen LogP contribution >= 0.6 is 0 Å². The first-order chi connectivity index (χ1) is 6.29. The van der Waals surface area contributed by atoms with Crippen molar-refractivity contribution in [1.82, 2.24) is 5.32 Å². The molecule has 1 N–H and O–H groups in total. The molecule has 0 saturated heterocycles. The van der Waals surface area contributed by atoms with Gasteiger partial charge in [0.05, 0.1) is 5.84 Å². The van der Waals surface area contributed by atoms with Crippen LogP contribution in [0.1, 0.15) is 45.4 Å². The molecule has 0 amide bonds. The molecule has 0 atom stereocenters. The van der Waals surface area contributed by atoms with E-state index in [9.17, 15) is 0 Å². The van der Waals surface area contributed by atoms with Gasteiger partial charge in [-0.2, -0.15) is 0 Å². The molecule has 1 saturated carbocycles. The monoisotopic (exact) mass is 180 g/mol. The van der Waals surface area contributed by atoms with Gasteiger partial charge in [0.1, 0.15) is 0 Å². The smallest absolute Gasteiger partial charge is 0.0963 e. The van der Waals surface area contributed by atoms with Gasteiger partial charge in [-0.25, -0.2) is 0 Å². The second kappa shape index (κ2) is 3.69. The number of rotatable bonds is 2. The minimum Gasteiger partial charge on any atom is -0.373 e. The van der Waals surface area contributed by atoms with Crippen molar-refractivity contribution in [2.45, 2.75) is 45.4 Å². The summed E-state index contributed by atoms with van der Waals surface area (Å²) in [6, 6.07) is 0. The van der Waals surface area contributed by atoms with E-state index in [1.807, 2.05) is 0 Å². The fourth-order valence-electron chi connectivity index (χ4n) is 2.11. The molecule has 0 aromatic heterocycles.